The van der Waals surface area contributed by atoms with Crippen LogP contribution in [0.3, 0.4) is 0 Å². The van der Waals surface area contributed by atoms with Crippen LogP contribution in [0.4, 0.5) is 0 Å². The number of alkyl halides is 1. The highest BCUT2D eigenvalue weighted by molar-refractivity contribution is 7.92. The van der Waals surface area contributed by atoms with Crippen molar-refractivity contribution < 1.29 is 8.42 Å². The molecule has 1 rings (SSSR count). The van der Waals surface area contributed by atoms with Gasteiger partial charge in [0.2, 0.25) is 0 Å². The molecule has 0 fully saturated rings. The molecular formula is C15H23ClO2S. The summed E-state index contributed by atoms with van der Waals surface area (Å²) in [5.74, 6) is 0. The summed E-state index contributed by atoms with van der Waals surface area (Å²) in [5.41, 5.74) is 2.13. The van der Waals surface area contributed by atoms with Gasteiger partial charge in [0.25, 0.3) is 0 Å². The molecular weight excluding hydrogens is 280 g/mol. The van der Waals surface area contributed by atoms with E-state index in [1.807, 2.05) is 24.3 Å². The van der Waals surface area contributed by atoms with Crippen LogP contribution >= 0.6 is 11.6 Å². The van der Waals surface area contributed by atoms with Crippen molar-refractivity contribution in [3.8, 4) is 0 Å². The summed E-state index contributed by atoms with van der Waals surface area (Å²) in [7, 11) is -3.21. The van der Waals surface area contributed by atoms with Crippen LogP contribution in [0, 0.1) is 0 Å². The van der Waals surface area contributed by atoms with Gasteiger partial charge in [-0.05, 0) is 37.8 Å². The van der Waals surface area contributed by atoms with Crippen molar-refractivity contribution in [2.45, 2.75) is 50.2 Å². The molecule has 0 spiro atoms. The van der Waals surface area contributed by atoms with E-state index >= 15 is 0 Å². The van der Waals surface area contributed by atoms with Gasteiger partial charge in [0, 0.05) is 6.26 Å². The van der Waals surface area contributed by atoms with Crippen LogP contribution in [0.2, 0.25) is 0 Å². The molecule has 0 heterocycles. The SMILES string of the molecule is CCCCc1ccc(C(Cl)C(C)(C)S(C)(=O)=O)cc1. The third kappa shape index (κ3) is 3.96. The summed E-state index contributed by atoms with van der Waals surface area (Å²) >= 11 is 6.36. The minimum absolute atomic E-state index is 0.539. The highest BCUT2D eigenvalue weighted by Gasteiger charge is 2.38. The molecule has 19 heavy (non-hydrogen) atoms. The van der Waals surface area contributed by atoms with Gasteiger partial charge in [-0.2, -0.15) is 0 Å². The molecule has 0 aromatic heterocycles. The average molecular weight is 303 g/mol. The number of hydrogen-bond acceptors (Lipinski definition) is 2. The quantitative estimate of drug-likeness (QED) is 0.740. The molecule has 1 atom stereocenters. The highest BCUT2D eigenvalue weighted by Crippen LogP contribution is 2.37. The van der Waals surface area contributed by atoms with E-state index in [1.54, 1.807) is 13.8 Å². The van der Waals surface area contributed by atoms with Crippen molar-refractivity contribution in [1.29, 1.82) is 0 Å². The zero-order valence-electron chi connectivity index (χ0n) is 12.1. The van der Waals surface area contributed by atoms with E-state index in [0.29, 0.717) is 0 Å². The second-order valence-corrected chi connectivity index (χ2v) is 8.62. The van der Waals surface area contributed by atoms with E-state index in [9.17, 15) is 8.42 Å². The fourth-order valence-electron chi connectivity index (χ4n) is 1.82. The van der Waals surface area contributed by atoms with E-state index in [4.69, 9.17) is 11.6 Å². The Hall–Kier alpha value is -0.540. The molecule has 0 radical (unpaired) electrons. The molecule has 1 aromatic rings. The van der Waals surface area contributed by atoms with E-state index in [0.717, 1.165) is 12.0 Å². The predicted molar refractivity (Wildman–Crippen MR) is 82.6 cm³/mol. The Labute approximate surface area is 122 Å². The Morgan fingerprint density at radius 1 is 1.21 bits per heavy atom. The lowest BCUT2D eigenvalue weighted by molar-refractivity contribution is 0.544. The van der Waals surface area contributed by atoms with E-state index in [1.165, 1.54) is 24.7 Å². The molecule has 108 valence electrons. The van der Waals surface area contributed by atoms with Crippen molar-refractivity contribution >= 4 is 21.4 Å². The molecule has 4 heteroatoms. The molecule has 2 nitrogen and oxygen atoms in total. The Bertz CT molecular complexity index is 503. The van der Waals surface area contributed by atoms with Gasteiger partial charge in [-0.1, -0.05) is 37.6 Å². The molecule has 0 aliphatic heterocycles. The van der Waals surface area contributed by atoms with Crippen LogP contribution in [-0.2, 0) is 16.3 Å². The minimum Gasteiger partial charge on any atom is -0.229 e. The van der Waals surface area contributed by atoms with Crippen LogP contribution < -0.4 is 0 Å². The molecule has 0 bridgehead atoms. The molecule has 0 saturated carbocycles. The monoisotopic (exact) mass is 302 g/mol. The van der Waals surface area contributed by atoms with Crippen LogP contribution in [0.1, 0.15) is 50.1 Å². The Balaban J connectivity index is 2.92. The maximum atomic E-state index is 11.8. The lowest BCUT2D eigenvalue weighted by Crippen LogP contribution is -2.35. The molecule has 0 saturated heterocycles. The third-order valence-corrected chi connectivity index (χ3v) is 6.73. The smallest absolute Gasteiger partial charge is 0.154 e. The van der Waals surface area contributed by atoms with Crippen LogP contribution in [0.5, 0.6) is 0 Å². The topological polar surface area (TPSA) is 34.1 Å². The molecule has 1 unspecified atom stereocenters. The van der Waals surface area contributed by atoms with Gasteiger partial charge in [0.15, 0.2) is 9.84 Å². The van der Waals surface area contributed by atoms with Gasteiger partial charge in [0.1, 0.15) is 0 Å². The summed E-state index contributed by atoms with van der Waals surface area (Å²) in [6.45, 7) is 5.51. The Morgan fingerprint density at radius 2 is 1.74 bits per heavy atom. The second kappa shape index (κ2) is 6.27. The molecule has 0 amide bonds. The van der Waals surface area contributed by atoms with Crippen molar-refractivity contribution in [1.82, 2.24) is 0 Å². The van der Waals surface area contributed by atoms with Crippen LogP contribution in [0.15, 0.2) is 24.3 Å². The lowest BCUT2D eigenvalue weighted by Gasteiger charge is -2.28. The van der Waals surface area contributed by atoms with Crippen molar-refractivity contribution in [2.75, 3.05) is 6.26 Å². The first-order valence-electron chi connectivity index (χ1n) is 6.62. The third-order valence-electron chi connectivity index (χ3n) is 3.66. The van der Waals surface area contributed by atoms with Gasteiger partial charge in [0.05, 0.1) is 10.1 Å². The van der Waals surface area contributed by atoms with Crippen LogP contribution in [-0.4, -0.2) is 19.4 Å². The number of rotatable bonds is 6. The van der Waals surface area contributed by atoms with E-state index in [2.05, 4.69) is 6.92 Å². The maximum absolute atomic E-state index is 11.8. The van der Waals surface area contributed by atoms with E-state index in [-0.39, 0.29) is 0 Å². The Kier molecular flexibility index (Phi) is 5.45. The van der Waals surface area contributed by atoms with Crippen molar-refractivity contribution in [2.24, 2.45) is 0 Å². The first-order chi connectivity index (χ1) is 8.70. The molecule has 1 aromatic carbocycles. The normalized spacial score (nSPS) is 14.4. The number of sulfone groups is 1. The number of aryl methyl sites for hydroxylation is 1. The number of hydrogen-bond donors (Lipinski definition) is 0. The number of unbranched alkanes of at least 4 members (excludes halogenated alkanes) is 1. The minimum atomic E-state index is -3.21. The van der Waals surface area contributed by atoms with Gasteiger partial charge in [-0.25, -0.2) is 8.42 Å². The number of halogens is 1. The van der Waals surface area contributed by atoms with E-state index < -0.39 is 20.0 Å². The van der Waals surface area contributed by atoms with Crippen molar-refractivity contribution in [3.05, 3.63) is 35.4 Å². The molecule has 0 N–H and O–H groups in total. The van der Waals surface area contributed by atoms with Gasteiger partial charge in [-0.3, -0.25) is 0 Å². The van der Waals surface area contributed by atoms with Crippen LogP contribution in [0.25, 0.3) is 0 Å². The average Bonchev–Trinajstić information content (AvgIpc) is 2.34. The summed E-state index contributed by atoms with van der Waals surface area (Å²) in [6.07, 6.45) is 4.62. The second-order valence-electron chi connectivity index (χ2n) is 5.58. The fraction of sp³-hybridized carbons (Fsp3) is 0.600. The zero-order valence-corrected chi connectivity index (χ0v) is 13.7. The molecule has 0 aliphatic rings. The fourth-order valence-corrected chi connectivity index (χ4v) is 2.97. The molecule has 0 aliphatic carbocycles. The summed E-state index contributed by atoms with van der Waals surface area (Å²) in [4.78, 5) is 0. The van der Waals surface area contributed by atoms with Gasteiger partial charge >= 0.3 is 0 Å². The first kappa shape index (κ1) is 16.5. The highest BCUT2D eigenvalue weighted by atomic mass is 35.5. The summed E-state index contributed by atoms with van der Waals surface area (Å²) < 4.78 is 22.6. The first-order valence-corrected chi connectivity index (χ1v) is 8.95. The van der Waals surface area contributed by atoms with Gasteiger partial charge in [-0.15, -0.1) is 11.6 Å². The largest absolute Gasteiger partial charge is 0.229 e. The van der Waals surface area contributed by atoms with Gasteiger partial charge < -0.3 is 0 Å². The zero-order chi connectivity index (χ0) is 14.7. The summed E-state index contributed by atoms with van der Waals surface area (Å²) in [5, 5.41) is -0.539. The predicted octanol–water partition coefficient (Wildman–Crippen LogP) is 4.13. The number of benzene rings is 1. The standard InChI is InChI=1S/C15H23ClO2S/c1-5-6-7-12-8-10-13(11-9-12)14(16)15(2,3)19(4,17)18/h8-11,14H,5-7H2,1-4H3. The Morgan fingerprint density at radius 3 is 2.16 bits per heavy atom. The summed E-state index contributed by atoms with van der Waals surface area (Å²) in [6, 6.07) is 7.96. The maximum Gasteiger partial charge on any atom is 0.154 e. The lowest BCUT2D eigenvalue weighted by atomic mass is 9.99. The van der Waals surface area contributed by atoms with Crippen molar-refractivity contribution in [3.63, 3.8) is 0 Å².